The van der Waals surface area contributed by atoms with Gasteiger partial charge in [-0.1, -0.05) is 25.4 Å². The molecule has 1 fully saturated rings. The van der Waals surface area contributed by atoms with Gasteiger partial charge in [-0.05, 0) is 13.8 Å². The van der Waals surface area contributed by atoms with E-state index in [9.17, 15) is 4.79 Å². The molecule has 1 amide bonds. The summed E-state index contributed by atoms with van der Waals surface area (Å²) in [5, 5.41) is 3.67. The van der Waals surface area contributed by atoms with Gasteiger partial charge in [0.15, 0.2) is 5.69 Å². The van der Waals surface area contributed by atoms with Crippen LogP contribution in [-0.4, -0.2) is 45.9 Å². The van der Waals surface area contributed by atoms with Crippen molar-refractivity contribution in [1.29, 1.82) is 0 Å². The van der Waals surface area contributed by atoms with E-state index in [1.807, 2.05) is 25.7 Å². The highest BCUT2D eigenvalue weighted by molar-refractivity contribution is 6.33. The molecular weight excluding hydrogens is 311 g/mol. The van der Waals surface area contributed by atoms with Gasteiger partial charge in [0.05, 0.1) is 11.2 Å². The largest absolute Gasteiger partial charge is 0.332 e. The Morgan fingerprint density at radius 2 is 2.14 bits per heavy atom. The lowest BCUT2D eigenvalue weighted by Gasteiger charge is -2.38. The van der Waals surface area contributed by atoms with Crippen molar-refractivity contribution in [1.82, 2.24) is 20.2 Å². The number of carbonyl (C=O) groups is 1. The van der Waals surface area contributed by atoms with E-state index in [4.69, 9.17) is 11.6 Å². The Bertz CT molecular complexity index is 510. The number of amides is 1. The summed E-state index contributed by atoms with van der Waals surface area (Å²) in [4.78, 5) is 23.0. The van der Waals surface area contributed by atoms with Crippen molar-refractivity contribution in [2.24, 2.45) is 0 Å². The minimum Gasteiger partial charge on any atom is -0.332 e. The van der Waals surface area contributed by atoms with Crippen LogP contribution < -0.4 is 5.32 Å². The maximum absolute atomic E-state index is 12.7. The van der Waals surface area contributed by atoms with Crippen LogP contribution >= 0.6 is 24.0 Å². The monoisotopic (exact) mass is 332 g/mol. The van der Waals surface area contributed by atoms with Gasteiger partial charge in [0.1, 0.15) is 5.82 Å². The van der Waals surface area contributed by atoms with E-state index in [1.54, 1.807) is 0 Å². The van der Waals surface area contributed by atoms with E-state index in [2.05, 4.69) is 22.2 Å². The second-order valence-corrected chi connectivity index (χ2v) is 5.97. The summed E-state index contributed by atoms with van der Waals surface area (Å²) in [6, 6.07) is 0.377. The first-order chi connectivity index (χ1) is 9.41. The minimum absolute atomic E-state index is 0. The molecule has 118 valence electrons. The van der Waals surface area contributed by atoms with Crippen LogP contribution in [0.3, 0.4) is 0 Å². The van der Waals surface area contributed by atoms with Crippen molar-refractivity contribution in [2.75, 3.05) is 13.1 Å². The maximum Gasteiger partial charge on any atom is 0.274 e. The van der Waals surface area contributed by atoms with E-state index < -0.39 is 0 Å². The lowest BCUT2D eigenvalue weighted by molar-refractivity contribution is 0.0596. The van der Waals surface area contributed by atoms with Crippen molar-refractivity contribution in [3.8, 4) is 0 Å². The Morgan fingerprint density at radius 1 is 1.48 bits per heavy atom. The Kier molecular flexibility index (Phi) is 6.38. The van der Waals surface area contributed by atoms with Crippen LogP contribution in [-0.2, 0) is 0 Å². The molecule has 0 radical (unpaired) electrons. The molecular formula is C14H22Cl2N4O. The predicted octanol–water partition coefficient (Wildman–Crippen LogP) is 2.50. The predicted molar refractivity (Wildman–Crippen MR) is 86.3 cm³/mol. The Labute approximate surface area is 136 Å². The minimum atomic E-state index is -0.111. The van der Waals surface area contributed by atoms with E-state index in [0.29, 0.717) is 23.1 Å². The SMILES string of the molecule is CC(C)c1ncc(Cl)c(C(=O)N2CCNC(C)C2C)n1.Cl. The van der Waals surface area contributed by atoms with Crippen molar-refractivity contribution < 1.29 is 4.79 Å². The van der Waals surface area contributed by atoms with Crippen LogP contribution in [0.1, 0.15) is 49.9 Å². The molecule has 0 bridgehead atoms. The fraction of sp³-hybridized carbons (Fsp3) is 0.643. The highest BCUT2D eigenvalue weighted by atomic mass is 35.5. The zero-order chi connectivity index (χ0) is 14.9. The molecule has 2 unspecified atom stereocenters. The third kappa shape index (κ3) is 3.84. The van der Waals surface area contributed by atoms with Gasteiger partial charge in [-0.3, -0.25) is 4.79 Å². The lowest BCUT2D eigenvalue weighted by atomic mass is 10.1. The zero-order valence-corrected chi connectivity index (χ0v) is 14.3. The summed E-state index contributed by atoms with van der Waals surface area (Å²) in [7, 11) is 0. The Hall–Kier alpha value is -0.910. The molecule has 1 aromatic heterocycles. The number of hydrogen-bond acceptors (Lipinski definition) is 4. The first kappa shape index (κ1) is 18.1. The van der Waals surface area contributed by atoms with Crippen LogP contribution in [0.15, 0.2) is 6.20 Å². The third-order valence-electron chi connectivity index (χ3n) is 3.78. The molecule has 2 atom stereocenters. The molecule has 0 aliphatic carbocycles. The quantitative estimate of drug-likeness (QED) is 0.903. The van der Waals surface area contributed by atoms with E-state index in [1.165, 1.54) is 6.20 Å². The molecule has 1 saturated heterocycles. The smallest absolute Gasteiger partial charge is 0.274 e. The van der Waals surface area contributed by atoms with Gasteiger partial charge in [0.2, 0.25) is 0 Å². The molecule has 0 aromatic carbocycles. The van der Waals surface area contributed by atoms with Crippen LogP contribution in [0.4, 0.5) is 0 Å². The van der Waals surface area contributed by atoms with Crippen molar-refractivity contribution >= 4 is 29.9 Å². The second-order valence-electron chi connectivity index (χ2n) is 5.56. The molecule has 0 spiro atoms. The van der Waals surface area contributed by atoms with Crippen molar-refractivity contribution in [2.45, 2.75) is 45.7 Å². The van der Waals surface area contributed by atoms with E-state index in [0.717, 1.165) is 6.54 Å². The summed E-state index contributed by atoms with van der Waals surface area (Å²) >= 11 is 6.11. The number of rotatable bonds is 2. The summed E-state index contributed by atoms with van der Waals surface area (Å²) in [5.74, 6) is 0.701. The normalized spacial score (nSPS) is 22.1. The van der Waals surface area contributed by atoms with Crippen LogP contribution in [0, 0.1) is 0 Å². The molecule has 0 saturated carbocycles. The molecule has 2 heterocycles. The fourth-order valence-corrected chi connectivity index (χ4v) is 2.46. The third-order valence-corrected chi connectivity index (χ3v) is 4.05. The summed E-state index contributed by atoms with van der Waals surface area (Å²) < 4.78 is 0. The average Bonchev–Trinajstić information content (AvgIpc) is 2.41. The summed E-state index contributed by atoms with van der Waals surface area (Å²) in [6.45, 7) is 9.55. The number of hydrogen-bond donors (Lipinski definition) is 1. The molecule has 21 heavy (non-hydrogen) atoms. The van der Waals surface area contributed by atoms with Crippen LogP contribution in [0.5, 0.6) is 0 Å². The zero-order valence-electron chi connectivity index (χ0n) is 12.8. The first-order valence-electron chi connectivity index (χ1n) is 6.98. The molecule has 5 nitrogen and oxygen atoms in total. The second kappa shape index (κ2) is 7.38. The van der Waals surface area contributed by atoms with Gasteiger partial charge >= 0.3 is 0 Å². The van der Waals surface area contributed by atoms with Crippen LogP contribution in [0.25, 0.3) is 0 Å². The van der Waals surface area contributed by atoms with Gasteiger partial charge in [-0.25, -0.2) is 9.97 Å². The number of halogens is 2. The number of aromatic nitrogens is 2. The standard InChI is InChI=1S/C14H21ClN4O.ClH/c1-8(2)13-17-7-11(15)12(18-13)14(20)19-6-5-16-9(3)10(19)4;/h7-10,16H,5-6H2,1-4H3;1H. The molecule has 1 aliphatic heterocycles. The highest BCUT2D eigenvalue weighted by Gasteiger charge is 2.30. The molecule has 1 aliphatic rings. The van der Waals surface area contributed by atoms with Gasteiger partial charge in [0, 0.05) is 31.1 Å². The molecule has 1 aromatic rings. The molecule has 2 rings (SSSR count). The van der Waals surface area contributed by atoms with Gasteiger partial charge in [0.25, 0.3) is 5.91 Å². The summed E-state index contributed by atoms with van der Waals surface area (Å²) in [6.07, 6.45) is 1.52. The van der Waals surface area contributed by atoms with E-state index in [-0.39, 0.29) is 36.3 Å². The fourth-order valence-electron chi connectivity index (χ4n) is 2.29. The number of piperazine rings is 1. The maximum atomic E-state index is 12.7. The topological polar surface area (TPSA) is 58.1 Å². The first-order valence-corrected chi connectivity index (χ1v) is 7.36. The number of carbonyl (C=O) groups excluding carboxylic acids is 1. The van der Waals surface area contributed by atoms with Gasteiger partial charge in [-0.2, -0.15) is 0 Å². The number of nitrogens with zero attached hydrogens (tertiary/aromatic N) is 3. The average molecular weight is 333 g/mol. The lowest BCUT2D eigenvalue weighted by Crippen LogP contribution is -2.57. The van der Waals surface area contributed by atoms with Crippen molar-refractivity contribution in [3.63, 3.8) is 0 Å². The summed E-state index contributed by atoms with van der Waals surface area (Å²) in [5.41, 5.74) is 0.311. The Balaban J connectivity index is 0.00000220. The van der Waals surface area contributed by atoms with Gasteiger partial charge < -0.3 is 10.2 Å². The highest BCUT2D eigenvalue weighted by Crippen LogP contribution is 2.20. The van der Waals surface area contributed by atoms with Gasteiger partial charge in [-0.15, -0.1) is 12.4 Å². The molecule has 1 N–H and O–H groups in total. The Morgan fingerprint density at radius 3 is 2.76 bits per heavy atom. The number of nitrogens with one attached hydrogen (secondary N) is 1. The molecule has 7 heteroatoms. The van der Waals surface area contributed by atoms with Crippen LogP contribution in [0.2, 0.25) is 5.02 Å². The van der Waals surface area contributed by atoms with Crippen molar-refractivity contribution in [3.05, 3.63) is 22.7 Å². The van der Waals surface area contributed by atoms with E-state index >= 15 is 0 Å².